The summed E-state index contributed by atoms with van der Waals surface area (Å²) in [4.78, 5) is 28.5. The van der Waals surface area contributed by atoms with Crippen LogP contribution >= 0.6 is 0 Å². The zero-order valence-electron chi connectivity index (χ0n) is 26.6. The second kappa shape index (κ2) is 12.3. The normalized spacial score (nSPS) is 42.4. The van der Waals surface area contributed by atoms with Crippen LogP contribution in [0.15, 0.2) is 0 Å². The quantitative estimate of drug-likeness (QED) is 0.141. The minimum absolute atomic E-state index is 0.0505. The molecule has 0 heterocycles. The number of carbonyl (C=O) groups is 2. The molecule has 6 heteroatoms. The second-order valence-corrected chi connectivity index (χ2v) is 16.8. The molecule has 0 saturated heterocycles. The molecule has 3 aliphatic rings. The van der Waals surface area contributed by atoms with Crippen LogP contribution in [0.3, 0.4) is 0 Å². The number of hydrogen-bond donors (Lipinski definition) is 1. The third kappa shape index (κ3) is 5.68. The van der Waals surface area contributed by atoms with Gasteiger partial charge in [0.25, 0.3) is 0 Å². The van der Waals surface area contributed by atoms with E-state index in [0.717, 1.165) is 58.0 Å². The number of ketones is 1. The van der Waals surface area contributed by atoms with Crippen molar-refractivity contribution in [3.05, 3.63) is 0 Å². The van der Waals surface area contributed by atoms with Gasteiger partial charge in [-0.3, -0.25) is 0 Å². The number of alkyl halides is 1. The fourth-order valence-corrected chi connectivity index (χ4v) is 11.1. The van der Waals surface area contributed by atoms with Gasteiger partial charge in [-0.2, -0.15) is 0 Å². The van der Waals surface area contributed by atoms with E-state index in [1.54, 1.807) is 0 Å². The zero-order valence-corrected chi connectivity index (χ0v) is 28.8. The predicted octanol–water partition coefficient (Wildman–Crippen LogP) is 3.83. The second-order valence-electron chi connectivity index (χ2n) is 14.5. The Morgan fingerprint density at radius 3 is 2.38 bits per heavy atom. The molecule has 0 amide bonds. The summed E-state index contributed by atoms with van der Waals surface area (Å²) < 4.78 is 12.7. The summed E-state index contributed by atoms with van der Waals surface area (Å²) >= 11 is -0.443. The van der Waals surface area contributed by atoms with Gasteiger partial charge in [0.2, 0.25) is 0 Å². The van der Waals surface area contributed by atoms with Crippen LogP contribution in [-0.4, -0.2) is 50.6 Å². The van der Waals surface area contributed by atoms with E-state index >= 15 is 0 Å². The fraction of sp³-hybridized carbons (Fsp3) is 0.939. The van der Waals surface area contributed by atoms with Crippen LogP contribution in [0.4, 0.5) is 0 Å². The molecule has 0 aliphatic heterocycles. The molecule has 3 rings (SSSR count). The average molecular weight is 662 g/mol. The maximum absolute atomic E-state index is 14.0. The van der Waals surface area contributed by atoms with Gasteiger partial charge in [0.05, 0.1) is 5.60 Å². The fourth-order valence-electron chi connectivity index (χ4n) is 10.3. The average Bonchev–Trinajstić information content (AvgIpc) is 3.11. The first-order chi connectivity index (χ1) is 18.1. The molecule has 228 valence electrons. The van der Waals surface area contributed by atoms with Crippen molar-refractivity contribution >= 4 is 9.57 Å². The Balaban J connectivity index is 1.96. The number of halogens is 1. The molecule has 5 nitrogen and oxygen atoms in total. The zero-order chi connectivity index (χ0) is 29.4. The number of unbranched alkanes of at least 4 members (excludes halogenated alkanes) is 1. The molecule has 4 unspecified atom stereocenters. The third-order valence-corrected chi connectivity index (χ3v) is 14.1. The molecule has 0 bridgehead atoms. The number of rotatable bonds is 13. The van der Waals surface area contributed by atoms with Crippen molar-refractivity contribution in [3.8, 4) is 0 Å². The van der Waals surface area contributed by atoms with Crippen LogP contribution in [0.1, 0.15) is 120 Å². The first-order valence-electron chi connectivity index (χ1n) is 15.5. The molecule has 3 saturated carbocycles. The van der Waals surface area contributed by atoms with Gasteiger partial charge in [-0.05, 0) is 27.2 Å². The van der Waals surface area contributed by atoms with Crippen molar-refractivity contribution in [2.45, 2.75) is 137 Å². The number of methoxy groups -OCH3 is 1. The first kappa shape index (κ1) is 33.5. The summed E-state index contributed by atoms with van der Waals surface area (Å²) in [7, 11) is 1.83. The van der Waals surface area contributed by atoms with Crippen LogP contribution in [0.5, 0.6) is 0 Å². The molecule has 39 heavy (non-hydrogen) atoms. The third-order valence-electron chi connectivity index (χ3n) is 12.4. The maximum atomic E-state index is 14.0. The van der Waals surface area contributed by atoms with E-state index in [0.29, 0.717) is 28.3 Å². The van der Waals surface area contributed by atoms with Crippen molar-refractivity contribution in [2.75, 3.05) is 18.6 Å². The Bertz CT molecular complexity index is 889. The van der Waals surface area contributed by atoms with Crippen molar-refractivity contribution in [1.82, 2.24) is 0 Å². The number of fused-ring (bicyclic) bond motifs is 3. The summed E-state index contributed by atoms with van der Waals surface area (Å²) in [5, 5.41) is 12.0. The van der Waals surface area contributed by atoms with Crippen molar-refractivity contribution in [3.63, 3.8) is 0 Å². The van der Waals surface area contributed by atoms with E-state index in [4.69, 9.17) is 9.47 Å². The van der Waals surface area contributed by atoms with Gasteiger partial charge in [-0.1, -0.05) is 0 Å². The Labute approximate surface area is 249 Å². The number of aliphatic hydroxyl groups excluding tert-OH is 1. The number of hydrogen-bond acceptors (Lipinski definition) is 5. The molecule has 0 aromatic carbocycles. The van der Waals surface area contributed by atoms with Gasteiger partial charge in [0, 0.05) is 6.61 Å². The molecule has 0 radical (unpaired) electrons. The molecule has 1 N–H and O–H groups in total. The van der Waals surface area contributed by atoms with E-state index in [1.807, 2.05) is 12.0 Å². The summed E-state index contributed by atoms with van der Waals surface area (Å²) in [5.74, 6) is 0.938. The predicted molar refractivity (Wildman–Crippen MR) is 153 cm³/mol. The van der Waals surface area contributed by atoms with Gasteiger partial charge in [-0.15, -0.1) is 0 Å². The van der Waals surface area contributed by atoms with Gasteiger partial charge < -0.3 is 4.74 Å². The van der Waals surface area contributed by atoms with Crippen LogP contribution in [0, 0.1) is 39.9 Å². The van der Waals surface area contributed by atoms with E-state index in [2.05, 4.69) is 55.4 Å². The van der Waals surface area contributed by atoms with Crippen LogP contribution in [-0.2, 0) is 19.1 Å². The Morgan fingerprint density at radius 2 is 1.82 bits per heavy atom. The van der Waals surface area contributed by atoms with Gasteiger partial charge >= 0.3 is 206 Å². The molecule has 0 spiro atoms. The van der Waals surface area contributed by atoms with Crippen LogP contribution in [0.25, 0.3) is 0 Å². The molecule has 9 atom stereocenters. The van der Waals surface area contributed by atoms with Gasteiger partial charge in [0.1, 0.15) is 0 Å². The van der Waals surface area contributed by atoms with E-state index in [-0.39, 0.29) is 39.6 Å². The summed E-state index contributed by atoms with van der Waals surface area (Å²) in [5.41, 5.74) is -1.46. The Kier molecular flexibility index (Phi) is 10.5. The number of aliphatic hydroxyl groups is 1. The molecule has 3 fully saturated rings. The number of carbonyl (C=O) groups excluding carboxylic acids is 2. The van der Waals surface area contributed by atoms with Gasteiger partial charge in [-0.25, -0.2) is 0 Å². The van der Waals surface area contributed by atoms with Crippen LogP contribution < -0.4 is 21.2 Å². The number of Topliss-reactive ketones (excluding diaryl/α,β-unsaturated/α-hetero) is 1. The summed E-state index contributed by atoms with van der Waals surface area (Å²) in [6, 6.07) is 0. The van der Waals surface area contributed by atoms with Crippen molar-refractivity contribution in [2.24, 2.45) is 39.9 Å². The molecular weight excluding hydrogens is 603 g/mol. The van der Waals surface area contributed by atoms with E-state index in [1.165, 1.54) is 0 Å². The molecule has 3 aliphatic carbocycles. The molecule has 0 aromatic rings. The van der Waals surface area contributed by atoms with Crippen LogP contribution in [0.2, 0.25) is 0 Å². The SMILES string of the molecule is CCOC(C)(C)CCCCC1C[C@@](C)(OC)[C@]2(C)C1[C@H](O)CC1[C@@](C)(CCC(=O)[I-]C)C(CC)C(=O)C[C@]12C. The first-order valence-corrected chi connectivity index (χ1v) is 18.8. The van der Waals surface area contributed by atoms with Gasteiger partial charge in [0.15, 0.2) is 0 Å². The molecular formula is C33H58IO5-. The van der Waals surface area contributed by atoms with Crippen molar-refractivity contribution in [1.29, 1.82) is 0 Å². The number of ether oxygens (including phenoxy) is 2. The van der Waals surface area contributed by atoms with E-state index < -0.39 is 32.9 Å². The molecule has 0 aromatic heterocycles. The topological polar surface area (TPSA) is 72.8 Å². The Morgan fingerprint density at radius 1 is 1.15 bits per heavy atom. The van der Waals surface area contributed by atoms with E-state index in [9.17, 15) is 14.7 Å². The monoisotopic (exact) mass is 661 g/mol. The summed E-state index contributed by atoms with van der Waals surface area (Å²) in [6.07, 6.45) is 8.19. The standard InChI is InChI=1S/C33H58IO5/c1-11-23-25(36)21-31(6)26(30(23,5)18-16-27(37)34-9)19-24(35)28-22(20-32(7,38-10)33(28,31)8)15-13-14-17-29(3,4)39-12-2/h22-24,26,28,35H,11-21H2,1-10H3/q-1/t22?,23?,24-,26?,28?,30+,31-,32-,33-/m1/s1. The minimum atomic E-state index is -0.443. The summed E-state index contributed by atoms with van der Waals surface area (Å²) in [6.45, 7) is 18.5. The van der Waals surface area contributed by atoms with Crippen molar-refractivity contribution < 1.29 is 45.4 Å². The Hall–Kier alpha value is -0.0500.